The molecule has 1 fully saturated rings. The van der Waals surface area contributed by atoms with Gasteiger partial charge in [0.25, 0.3) is 5.69 Å². The molecule has 1 aromatic carbocycles. The zero-order chi connectivity index (χ0) is 15.1. The number of nitro groups is 1. The van der Waals surface area contributed by atoms with Gasteiger partial charge in [-0.1, -0.05) is 19.1 Å². The maximum Gasteiger partial charge on any atom is 0.269 e. The molecule has 3 unspecified atom stereocenters. The molecule has 1 heterocycles. The van der Waals surface area contributed by atoms with Crippen molar-refractivity contribution in [3.63, 3.8) is 0 Å². The van der Waals surface area contributed by atoms with Crippen molar-refractivity contribution in [2.45, 2.75) is 13.3 Å². The van der Waals surface area contributed by atoms with Crippen LogP contribution in [-0.2, 0) is 9.59 Å². The monoisotopic (exact) mass is 286 g/mol. The van der Waals surface area contributed by atoms with E-state index in [1.807, 2.05) is 19.1 Å². The third kappa shape index (κ3) is 2.03. The van der Waals surface area contributed by atoms with Crippen LogP contribution in [0.2, 0.25) is 0 Å². The molecule has 1 aromatic rings. The van der Waals surface area contributed by atoms with Gasteiger partial charge in [0, 0.05) is 12.1 Å². The van der Waals surface area contributed by atoms with Crippen molar-refractivity contribution in [3.8, 4) is 0 Å². The first kappa shape index (κ1) is 13.5. The Hall–Kier alpha value is -2.50. The van der Waals surface area contributed by atoms with Crippen molar-refractivity contribution in [1.29, 1.82) is 0 Å². The van der Waals surface area contributed by atoms with Gasteiger partial charge in [-0.2, -0.15) is 0 Å². The summed E-state index contributed by atoms with van der Waals surface area (Å²) in [5.41, 5.74) is 0.336. The Balaban J connectivity index is 1.94. The van der Waals surface area contributed by atoms with Crippen molar-refractivity contribution >= 4 is 23.2 Å². The van der Waals surface area contributed by atoms with Crippen LogP contribution in [0.4, 0.5) is 11.4 Å². The van der Waals surface area contributed by atoms with E-state index >= 15 is 0 Å². The lowest BCUT2D eigenvalue weighted by atomic mass is 9.78. The fraction of sp³-hybridized carbons (Fsp3) is 0.333. The molecule has 2 aliphatic rings. The van der Waals surface area contributed by atoms with Gasteiger partial charge in [-0.25, -0.2) is 0 Å². The van der Waals surface area contributed by atoms with Gasteiger partial charge in [0.1, 0.15) is 0 Å². The Morgan fingerprint density at radius 3 is 2.43 bits per heavy atom. The number of nitrogens with zero attached hydrogens (tertiary/aromatic N) is 2. The van der Waals surface area contributed by atoms with Gasteiger partial charge in [-0.3, -0.25) is 24.6 Å². The number of benzene rings is 1. The second-order valence-corrected chi connectivity index (χ2v) is 5.44. The molecular weight excluding hydrogens is 272 g/mol. The van der Waals surface area contributed by atoms with Gasteiger partial charge in [0.2, 0.25) is 11.8 Å². The molecule has 21 heavy (non-hydrogen) atoms. The summed E-state index contributed by atoms with van der Waals surface area (Å²) in [6.45, 7) is 1.93. The molecule has 6 nitrogen and oxygen atoms in total. The summed E-state index contributed by atoms with van der Waals surface area (Å²) in [5, 5.41) is 10.7. The fourth-order valence-electron chi connectivity index (χ4n) is 3.13. The second-order valence-electron chi connectivity index (χ2n) is 5.44. The van der Waals surface area contributed by atoms with E-state index in [9.17, 15) is 19.7 Å². The maximum absolute atomic E-state index is 12.5. The van der Waals surface area contributed by atoms with E-state index in [1.165, 1.54) is 29.2 Å². The molecule has 0 aromatic heterocycles. The summed E-state index contributed by atoms with van der Waals surface area (Å²) in [7, 11) is 0. The van der Waals surface area contributed by atoms with E-state index in [1.54, 1.807) is 0 Å². The Kier molecular flexibility index (Phi) is 3.08. The van der Waals surface area contributed by atoms with Crippen LogP contribution in [0, 0.1) is 27.9 Å². The van der Waals surface area contributed by atoms with E-state index in [4.69, 9.17) is 0 Å². The number of amides is 2. The van der Waals surface area contributed by atoms with E-state index in [2.05, 4.69) is 0 Å². The first-order chi connectivity index (χ1) is 10.0. The average molecular weight is 286 g/mol. The molecule has 0 spiro atoms. The van der Waals surface area contributed by atoms with Gasteiger partial charge >= 0.3 is 0 Å². The Bertz CT molecular complexity index is 650. The standard InChI is InChI=1S/C15H14N2O4/c1-9-3-2-4-12-13(9)15(19)16(14(12)18)10-5-7-11(8-6-10)17(20)21/h2-3,5-9,12-13H,4H2,1H3. The van der Waals surface area contributed by atoms with Gasteiger partial charge in [-0.15, -0.1) is 0 Å². The quantitative estimate of drug-likeness (QED) is 0.361. The lowest BCUT2D eigenvalue weighted by molar-refractivity contribution is -0.384. The van der Waals surface area contributed by atoms with Gasteiger partial charge in [-0.05, 0) is 24.5 Å². The highest BCUT2D eigenvalue weighted by Crippen LogP contribution is 2.40. The van der Waals surface area contributed by atoms with Crippen molar-refractivity contribution in [2.24, 2.45) is 17.8 Å². The molecule has 1 aliphatic heterocycles. The zero-order valence-corrected chi connectivity index (χ0v) is 11.4. The number of rotatable bonds is 2. The number of fused-ring (bicyclic) bond motifs is 1. The smallest absolute Gasteiger partial charge is 0.269 e. The zero-order valence-electron chi connectivity index (χ0n) is 11.4. The molecular formula is C15H14N2O4. The van der Waals surface area contributed by atoms with Crippen LogP contribution in [0.5, 0.6) is 0 Å². The number of carbonyl (C=O) groups excluding carboxylic acids is 2. The molecule has 2 amide bonds. The predicted molar refractivity (Wildman–Crippen MR) is 75.5 cm³/mol. The number of hydrogen-bond acceptors (Lipinski definition) is 4. The lowest BCUT2D eigenvalue weighted by Crippen LogP contribution is -2.31. The number of allylic oxidation sites excluding steroid dienone is 2. The largest absolute Gasteiger partial charge is 0.274 e. The molecule has 0 bridgehead atoms. The molecule has 0 N–H and O–H groups in total. The van der Waals surface area contributed by atoms with E-state index in [-0.39, 0.29) is 35.3 Å². The molecule has 3 rings (SSSR count). The number of nitro benzene ring substituents is 1. The normalized spacial score (nSPS) is 27.9. The van der Waals surface area contributed by atoms with Crippen LogP contribution < -0.4 is 4.90 Å². The minimum absolute atomic E-state index is 0.0308. The Labute approximate surface area is 121 Å². The summed E-state index contributed by atoms with van der Waals surface area (Å²) < 4.78 is 0. The molecule has 1 saturated heterocycles. The molecule has 1 aliphatic carbocycles. The average Bonchev–Trinajstić information content (AvgIpc) is 2.72. The van der Waals surface area contributed by atoms with Crippen molar-refractivity contribution < 1.29 is 14.5 Å². The number of non-ortho nitro benzene ring substituents is 1. The van der Waals surface area contributed by atoms with E-state index in [0.29, 0.717) is 12.1 Å². The second kappa shape index (κ2) is 4.80. The number of imide groups is 1. The predicted octanol–water partition coefficient (Wildman–Crippen LogP) is 2.30. The molecule has 3 atom stereocenters. The summed E-state index contributed by atoms with van der Waals surface area (Å²) in [6, 6.07) is 5.51. The van der Waals surface area contributed by atoms with Crippen LogP contribution in [0.1, 0.15) is 13.3 Å². The van der Waals surface area contributed by atoms with Crippen LogP contribution in [-0.4, -0.2) is 16.7 Å². The van der Waals surface area contributed by atoms with E-state index in [0.717, 1.165) is 0 Å². The van der Waals surface area contributed by atoms with E-state index < -0.39 is 4.92 Å². The first-order valence-corrected chi connectivity index (χ1v) is 6.79. The highest BCUT2D eigenvalue weighted by molar-refractivity contribution is 6.22. The SMILES string of the molecule is CC1C=CCC2C(=O)N(c3ccc([N+](=O)[O-])cc3)C(=O)C12. The summed E-state index contributed by atoms with van der Waals surface area (Å²) in [4.78, 5) is 36.3. The Morgan fingerprint density at radius 1 is 1.19 bits per heavy atom. The summed E-state index contributed by atoms with van der Waals surface area (Å²) in [5.74, 6) is -1.03. The van der Waals surface area contributed by atoms with Crippen molar-refractivity contribution in [1.82, 2.24) is 0 Å². The number of anilines is 1. The third-order valence-electron chi connectivity index (χ3n) is 4.19. The number of carbonyl (C=O) groups is 2. The Morgan fingerprint density at radius 2 is 1.86 bits per heavy atom. The highest BCUT2D eigenvalue weighted by atomic mass is 16.6. The minimum atomic E-state index is -0.511. The minimum Gasteiger partial charge on any atom is -0.274 e. The van der Waals surface area contributed by atoms with Crippen LogP contribution in [0.3, 0.4) is 0 Å². The molecule has 6 heteroatoms. The topological polar surface area (TPSA) is 80.5 Å². The van der Waals surface area contributed by atoms with Crippen molar-refractivity contribution in [2.75, 3.05) is 4.90 Å². The van der Waals surface area contributed by atoms with Gasteiger partial charge in [0.05, 0.1) is 22.4 Å². The summed E-state index contributed by atoms with van der Waals surface area (Å²) >= 11 is 0. The van der Waals surface area contributed by atoms with Gasteiger partial charge in [0.15, 0.2) is 0 Å². The molecule has 0 saturated carbocycles. The van der Waals surface area contributed by atoms with Crippen LogP contribution in [0.25, 0.3) is 0 Å². The highest BCUT2D eigenvalue weighted by Gasteiger charge is 2.50. The third-order valence-corrected chi connectivity index (χ3v) is 4.19. The lowest BCUT2D eigenvalue weighted by Gasteiger charge is -2.22. The maximum atomic E-state index is 12.5. The molecule has 0 radical (unpaired) electrons. The number of hydrogen-bond donors (Lipinski definition) is 0. The van der Waals surface area contributed by atoms with Crippen molar-refractivity contribution in [3.05, 3.63) is 46.5 Å². The molecule has 108 valence electrons. The fourth-order valence-corrected chi connectivity index (χ4v) is 3.13. The van der Waals surface area contributed by atoms with Crippen LogP contribution in [0.15, 0.2) is 36.4 Å². The van der Waals surface area contributed by atoms with Gasteiger partial charge < -0.3 is 0 Å². The summed E-state index contributed by atoms with van der Waals surface area (Å²) in [6.07, 6.45) is 4.48. The first-order valence-electron chi connectivity index (χ1n) is 6.79. The van der Waals surface area contributed by atoms with Crippen LogP contribution >= 0.6 is 0 Å².